The van der Waals surface area contributed by atoms with Crippen molar-refractivity contribution in [1.29, 1.82) is 0 Å². The maximum absolute atomic E-state index is 5.61. The minimum absolute atomic E-state index is 0.395. The van der Waals surface area contributed by atoms with E-state index in [2.05, 4.69) is 24.9 Å². The average Bonchev–Trinajstić information content (AvgIpc) is 3.54. The smallest absolute Gasteiger partial charge is 0.257 e. The second-order valence-corrected chi connectivity index (χ2v) is 8.06. The second kappa shape index (κ2) is 8.24. The third-order valence-corrected chi connectivity index (χ3v) is 6.10. The molecule has 4 aromatic rings. The molecular weight excluding hydrogens is 386 g/mol. The number of benzene rings is 1. The highest BCUT2D eigenvalue weighted by atomic mass is 32.2. The van der Waals surface area contributed by atoms with Crippen LogP contribution in [-0.4, -0.2) is 24.9 Å². The summed E-state index contributed by atoms with van der Waals surface area (Å²) < 4.78 is 13.3. The van der Waals surface area contributed by atoms with Crippen LogP contribution in [0.1, 0.15) is 44.0 Å². The minimum Gasteiger partial charge on any atom is -0.461 e. The van der Waals surface area contributed by atoms with Gasteiger partial charge in [0, 0.05) is 11.6 Å². The Labute approximate surface area is 172 Å². The van der Waals surface area contributed by atoms with Gasteiger partial charge in [-0.3, -0.25) is 4.57 Å². The molecule has 5 rings (SSSR count). The Hall–Kier alpha value is -2.87. The number of rotatable bonds is 6. The SMILES string of the molecule is c1ccc(-c2nc(CSc3nnc(-c4ccco4)n3C3CCCCC3)no2)cc1. The van der Waals surface area contributed by atoms with Crippen molar-refractivity contribution < 1.29 is 8.94 Å². The molecular formula is C21H21N5O2S. The third-order valence-electron chi connectivity index (χ3n) is 5.17. The number of furan rings is 1. The lowest BCUT2D eigenvalue weighted by atomic mass is 9.95. The molecule has 1 aromatic carbocycles. The minimum atomic E-state index is 0.395. The molecule has 8 heteroatoms. The maximum Gasteiger partial charge on any atom is 0.257 e. The summed E-state index contributed by atoms with van der Waals surface area (Å²) in [6.07, 6.45) is 7.71. The molecule has 0 radical (unpaired) electrons. The van der Waals surface area contributed by atoms with E-state index in [1.165, 1.54) is 19.3 Å². The molecule has 3 heterocycles. The summed E-state index contributed by atoms with van der Waals surface area (Å²) in [5, 5.41) is 13.9. The molecule has 7 nitrogen and oxygen atoms in total. The summed E-state index contributed by atoms with van der Waals surface area (Å²) in [4.78, 5) is 4.52. The molecule has 0 spiro atoms. The zero-order valence-electron chi connectivity index (χ0n) is 15.9. The lowest BCUT2D eigenvalue weighted by Crippen LogP contribution is -2.15. The van der Waals surface area contributed by atoms with Crippen molar-refractivity contribution in [3.63, 3.8) is 0 Å². The van der Waals surface area contributed by atoms with E-state index in [1.54, 1.807) is 18.0 Å². The predicted octanol–water partition coefficient (Wildman–Crippen LogP) is 5.39. The zero-order valence-corrected chi connectivity index (χ0v) is 16.7. The fraction of sp³-hybridized carbons (Fsp3) is 0.333. The van der Waals surface area contributed by atoms with Crippen molar-refractivity contribution in [2.24, 2.45) is 0 Å². The fourth-order valence-corrected chi connectivity index (χ4v) is 4.61. The summed E-state index contributed by atoms with van der Waals surface area (Å²) in [5.41, 5.74) is 0.918. The highest BCUT2D eigenvalue weighted by molar-refractivity contribution is 7.98. The molecule has 0 atom stereocenters. The van der Waals surface area contributed by atoms with E-state index in [-0.39, 0.29) is 0 Å². The van der Waals surface area contributed by atoms with Crippen LogP contribution in [0.25, 0.3) is 23.0 Å². The highest BCUT2D eigenvalue weighted by Crippen LogP contribution is 2.36. The number of nitrogens with zero attached hydrogens (tertiary/aromatic N) is 5. The molecule has 0 aliphatic heterocycles. The summed E-state index contributed by atoms with van der Waals surface area (Å²) >= 11 is 1.58. The number of hydrogen-bond donors (Lipinski definition) is 0. The van der Waals surface area contributed by atoms with E-state index in [1.807, 2.05) is 42.5 Å². The predicted molar refractivity (Wildman–Crippen MR) is 109 cm³/mol. The number of thioether (sulfide) groups is 1. The lowest BCUT2D eigenvalue weighted by molar-refractivity contribution is 0.337. The maximum atomic E-state index is 5.61. The highest BCUT2D eigenvalue weighted by Gasteiger charge is 2.25. The summed E-state index contributed by atoms with van der Waals surface area (Å²) in [5.74, 6) is 3.29. The van der Waals surface area contributed by atoms with E-state index in [9.17, 15) is 0 Å². The van der Waals surface area contributed by atoms with Crippen molar-refractivity contribution in [3.8, 4) is 23.0 Å². The first-order valence-corrected chi connectivity index (χ1v) is 10.9. The molecule has 0 bridgehead atoms. The number of aromatic nitrogens is 5. The standard InChI is InChI=1S/C21H21N5O2S/c1-3-8-15(9-4-1)20-22-18(25-28-20)14-29-21-24-23-19(17-12-7-13-27-17)26(21)16-10-5-2-6-11-16/h1,3-4,7-9,12-13,16H,2,5-6,10-11,14H2. The topological polar surface area (TPSA) is 82.8 Å². The first kappa shape index (κ1) is 18.2. The van der Waals surface area contributed by atoms with Gasteiger partial charge in [-0.2, -0.15) is 4.98 Å². The van der Waals surface area contributed by atoms with E-state index in [4.69, 9.17) is 8.94 Å². The summed E-state index contributed by atoms with van der Waals surface area (Å²) in [6, 6.07) is 14.0. The third kappa shape index (κ3) is 3.85. The van der Waals surface area contributed by atoms with Gasteiger partial charge in [0.25, 0.3) is 5.89 Å². The summed E-state index contributed by atoms with van der Waals surface area (Å²) in [6.45, 7) is 0. The Bertz CT molecular complexity index is 1050. The Balaban J connectivity index is 1.38. The second-order valence-electron chi connectivity index (χ2n) is 7.12. The molecule has 148 valence electrons. The Morgan fingerprint density at radius 3 is 2.66 bits per heavy atom. The molecule has 0 amide bonds. The van der Waals surface area contributed by atoms with E-state index in [0.717, 1.165) is 35.1 Å². The molecule has 0 N–H and O–H groups in total. The quantitative estimate of drug-likeness (QED) is 0.396. The molecule has 0 unspecified atom stereocenters. The molecule has 1 fully saturated rings. The Morgan fingerprint density at radius 1 is 1.00 bits per heavy atom. The van der Waals surface area contributed by atoms with Crippen molar-refractivity contribution in [2.75, 3.05) is 0 Å². The van der Waals surface area contributed by atoms with Gasteiger partial charge in [-0.15, -0.1) is 10.2 Å². The van der Waals surface area contributed by atoms with Gasteiger partial charge in [-0.25, -0.2) is 0 Å². The van der Waals surface area contributed by atoms with Crippen molar-refractivity contribution in [3.05, 3.63) is 54.6 Å². The molecule has 29 heavy (non-hydrogen) atoms. The Kier molecular flexibility index (Phi) is 5.17. The first-order valence-electron chi connectivity index (χ1n) is 9.88. The number of hydrogen-bond acceptors (Lipinski definition) is 7. The van der Waals surface area contributed by atoms with Crippen LogP contribution in [0.2, 0.25) is 0 Å². The van der Waals surface area contributed by atoms with Crippen LogP contribution in [0.3, 0.4) is 0 Å². The molecule has 1 aliphatic carbocycles. The van der Waals surface area contributed by atoms with Crippen LogP contribution in [0, 0.1) is 0 Å². The van der Waals surface area contributed by atoms with Gasteiger partial charge in [0.1, 0.15) is 0 Å². The van der Waals surface area contributed by atoms with Crippen LogP contribution in [0.4, 0.5) is 0 Å². The van der Waals surface area contributed by atoms with Crippen LogP contribution >= 0.6 is 11.8 Å². The van der Waals surface area contributed by atoms with Gasteiger partial charge in [0.2, 0.25) is 5.82 Å². The molecule has 1 saturated carbocycles. The van der Waals surface area contributed by atoms with Gasteiger partial charge < -0.3 is 8.94 Å². The largest absolute Gasteiger partial charge is 0.461 e. The van der Waals surface area contributed by atoms with Gasteiger partial charge in [-0.05, 0) is 37.1 Å². The monoisotopic (exact) mass is 407 g/mol. The molecule has 0 saturated heterocycles. The summed E-state index contributed by atoms with van der Waals surface area (Å²) in [7, 11) is 0. The van der Waals surface area contributed by atoms with Gasteiger partial charge in [0.15, 0.2) is 16.7 Å². The van der Waals surface area contributed by atoms with Crippen molar-refractivity contribution >= 4 is 11.8 Å². The van der Waals surface area contributed by atoms with Crippen LogP contribution in [0.15, 0.2) is 62.8 Å². The molecule has 1 aliphatic rings. The van der Waals surface area contributed by atoms with Crippen LogP contribution in [-0.2, 0) is 5.75 Å². The van der Waals surface area contributed by atoms with Crippen LogP contribution < -0.4 is 0 Å². The Morgan fingerprint density at radius 2 is 1.86 bits per heavy atom. The normalized spacial score (nSPS) is 15.0. The van der Waals surface area contributed by atoms with Gasteiger partial charge in [0.05, 0.1) is 12.0 Å². The molecule has 3 aromatic heterocycles. The van der Waals surface area contributed by atoms with Crippen molar-refractivity contribution in [1.82, 2.24) is 24.9 Å². The van der Waals surface area contributed by atoms with E-state index in [0.29, 0.717) is 23.5 Å². The lowest BCUT2D eigenvalue weighted by Gasteiger charge is -2.25. The first-order chi connectivity index (χ1) is 14.4. The van der Waals surface area contributed by atoms with Gasteiger partial charge in [-0.1, -0.05) is 54.4 Å². The zero-order chi connectivity index (χ0) is 19.5. The average molecular weight is 407 g/mol. The fourth-order valence-electron chi connectivity index (χ4n) is 3.76. The van der Waals surface area contributed by atoms with Crippen LogP contribution in [0.5, 0.6) is 0 Å². The van der Waals surface area contributed by atoms with Crippen molar-refractivity contribution in [2.45, 2.75) is 49.1 Å². The van der Waals surface area contributed by atoms with E-state index >= 15 is 0 Å². The van der Waals surface area contributed by atoms with Gasteiger partial charge >= 0.3 is 0 Å². The van der Waals surface area contributed by atoms with E-state index < -0.39 is 0 Å².